The van der Waals surface area contributed by atoms with Crippen LogP contribution in [-0.2, 0) is 9.59 Å². The number of carbonyl (C=O) groups excluding carboxylic acids is 1. The number of nitrogens with zero attached hydrogens (tertiary/aromatic N) is 1. The van der Waals surface area contributed by atoms with Crippen LogP contribution in [0.2, 0.25) is 0 Å². The Morgan fingerprint density at radius 3 is 2.13 bits per heavy atom. The first-order valence-corrected chi connectivity index (χ1v) is 5.16. The van der Waals surface area contributed by atoms with Gasteiger partial charge >= 0.3 is 5.97 Å². The summed E-state index contributed by atoms with van der Waals surface area (Å²) in [4.78, 5) is 23.7. The monoisotopic (exact) mass is 217 g/mol. The second-order valence-corrected chi connectivity index (χ2v) is 3.45. The SMILES string of the molecule is CCCC(=O)N(CC)[C@H](C(=O)O)[C@@H](C)O. The number of likely N-dealkylation sites (N-methyl/N-ethyl adjacent to an activating group) is 1. The van der Waals surface area contributed by atoms with Gasteiger partial charge in [-0.3, -0.25) is 4.79 Å². The van der Waals surface area contributed by atoms with E-state index in [4.69, 9.17) is 5.11 Å². The van der Waals surface area contributed by atoms with Crippen molar-refractivity contribution in [3.63, 3.8) is 0 Å². The Labute approximate surface area is 89.7 Å². The van der Waals surface area contributed by atoms with Crippen LogP contribution in [0, 0.1) is 0 Å². The van der Waals surface area contributed by atoms with E-state index in [9.17, 15) is 14.7 Å². The highest BCUT2D eigenvalue weighted by Crippen LogP contribution is 2.08. The van der Waals surface area contributed by atoms with Crippen LogP contribution in [0.3, 0.4) is 0 Å². The van der Waals surface area contributed by atoms with Crippen LogP contribution in [0.4, 0.5) is 0 Å². The third-order valence-corrected chi connectivity index (χ3v) is 2.17. The number of carboxylic acid groups (broad SMARTS) is 1. The maximum Gasteiger partial charge on any atom is 0.329 e. The van der Waals surface area contributed by atoms with Gasteiger partial charge in [-0.05, 0) is 20.3 Å². The maximum absolute atomic E-state index is 11.6. The van der Waals surface area contributed by atoms with Crippen molar-refractivity contribution in [3.05, 3.63) is 0 Å². The summed E-state index contributed by atoms with van der Waals surface area (Å²) in [6, 6.07) is -1.14. The smallest absolute Gasteiger partial charge is 0.329 e. The van der Waals surface area contributed by atoms with Crippen molar-refractivity contribution >= 4 is 11.9 Å². The molecule has 0 spiro atoms. The summed E-state index contributed by atoms with van der Waals surface area (Å²) in [7, 11) is 0. The molecule has 2 N–H and O–H groups in total. The number of hydrogen-bond donors (Lipinski definition) is 2. The zero-order valence-electron chi connectivity index (χ0n) is 9.43. The molecule has 0 heterocycles. The van der Waals surface area contributed by atoms with Crippen LogP contribution in [0.1, 0.15) is 33.6 Å². The van der Waals surface area contributed by atoms with E-state index in [1.54, 1.807) is 6.92 Å². The second kappa shape index (κ2) is 6.40. The first kappa shape index (κ1) is 13.9. The molecule has 15 heavy (non-hydrogen) atoms. The number of carboxylic acids is 1. The standard InChI is InChI=1S/C10H19NO4/c1-4-6-8(13)11(5-2)9(7(3)12)10(14)15/h7,9,12H,4-6H2,1-3H3,(H,14,15)/t7-,9+/m1/s1. The van der Waals surface area contributed by atoms with Gasteiger partial charge in [0.1, 0.15) is 0 Å². The van der Waals surface area contributed by atoms with Gasteiger partial charge < -0.3 is 15.1 Å². The van der Waals surface area contributed by atoms with E-state index in [1.165, 1.54) is 11.8 Å². The summed E-state index contributed by atoms with van der Waals surface area (Å²) >= 11 is 0. The maximum atomic E-state index is 11.6. The number of hydrogen-bond acceptors (Lipinski definition) is 3. The lowest BCUT2D eigenvalue weighted by atomic mass is 10.1. The third-order valence-electron chi connectivity index (χ3n) is 2.17. The predicted octanol–water partition coefficient (Wildman–Crippen LogP) is 0.469. The van der Waals surface area contributed by atoms with Gasteiger partial charge in [-0.15, -0.1) is 0 Å². The minimum Gasteiger partial charge on any atom is -0.480 e. The minimum atomic E-state index is -1.17. The van der Waals surface area contributed by atoms with E-state index >= 15 is 0 Å². The summed E-state index contributed by atoms with van der Waals surface area (Å²) in [5.41, 5.74) is 0. The molecule has 0 bridgehead atoms. The van der Waals surface area contributed by atoms with Gasteiger partial charge in [-0.25, -0.2) is 4.79 Å². The molecule has 0 aliphatic carbocycles. The zero-order valence-corrected chi connectivity index (χ0v) is 9.43. The van der Waals surface area contributed by atoms with Gasteiger partial charge in [0, 0.05) is 13.0 Å². The van der Waals surface area contributed by atoms with Gasteiger partial charge in [0.2, 0.25) is 5.91 Å². The molecule has 0 saturated carbocycles. The highest BCUT2D eigenvalue weighted by Gasteiger charge is 2.31. The van der Waals surface area contributed by atoms with Gasteiger partial charge in [-0.1, -0.05) is 6.92 Å². The summed E-state index contributed by atoms with van der Waals surface area (Å²) in [6.45, 7) is 5.22. The molecule has 0 rings (SSSR count). The van der Waals surface area contributed by atoms with Crippen LogP contribution in [0.5, 0.6) is 0 Å². The number of aliphatic carboxylic acids is 1. The number of aliphatic hydroxyl groups is 1. The van der Waals surface area contributed by atoms with Gasteiger partial charge in [0.05, 0.1) is 6.10 Å². The lowest BCUT2D eigenvalue weighted by Crippen LogP contribution is -2.50. The minimum absolute atomic E-state index is 0.228. The molecular formula is C10H19NO4. The predicted molar refractivity (Wildman–Crippen MR) is 55.4 cm³/mol. The van der Waals surface area contributed by atoms with E-state index in [1.807, 2.05) is 6.92 Å². The van der Waals surface area contributed by atoms with Crippen LogP contribution in [-0.4, -0.2) is 45.7 Å². The highest BCUT2D eigenvalue weighted by molar-refractivity contribution is 5.84. The van der Waals surface area contributed by atoms with Crippen molar-refractivity contribution in [3.8, 4) is 0 Å². The molecule has 0 aliphatic rings. The first-order valence-electron chi connectivity index (χ1n) is 5.16. The van der Waals surface area contributed by atoms with Crippen molar-refractivity contribution in [2.75, 3.05) is 6.54 Å². The Morgan fingerprint density at radius 1 is 1.33 bits per heavy atom. The van der Waals surface area contributed by atoms with Gasteiger partial charge in [0.25, 0.3) is 0 Å². The van der Waals surface area contributed by atoms with Crippen molar-refractivity contribution in [2.24, 2.45) is 0 Å². The summed E-state index contributed by atoms with van der Waals surface area (Å²) in [5, 5.41) is 18.2. The average molecular weight is 217 g/mol. The molecular weight excluding hydrogens is 198 g/mol. The quantitative estimate of drug-likeness (QED) is 0.678. The molecule has 0 unspecified atom stereocenters. The molecule has 0 radical (unpaired) electrons. The van der Waals surface area contributed by atoms with E-state index in [0.717, 1.165) is 0 Å². The molecule has 0 aromatic rings. The lowest BCUT2D eigenvalue weighted by molar-refractivity contribution is -0.154. The number of amides is 1. The third kappa shape index (κ3) is 3.87. The van der Waals surface area contributed by atoms with Crippen molar-refractivity contribution in [2.45, 2.75) is 45.8 Å². The Balaban J connectivity index is 4.74. The Kier molecular flexibility index (Phi) is 5.93. The zero-order chi connectivity index (χ0) is 12.0. The van der Waals surface area contributed by atoms with Crippen LogP contribution >= 0.6 is 0 Å². The number of aliphatic hydroxyl groups excluding tert-OH is 1. The molecule has 1 amide bonds. The summed E-state index contributed by atoms with van der Waals surface area (Å²) in [5.74, 6) is -1.40. The normalized spacial score (nSPS) is 14.4. The molecule has 5 nitrogen and oxygen atoms in total. The van der Waals surface area contributed by atoms with Crippen molar-refractivity contribution in [1.82, 2.24) is 4.90 Å². The van der Waals surface area contributed by atoms with Crippen molar-refractivity contribution < 1.29 is 19.8 Å². The largest absolute Gasteiger partial charge is 0.480 e. The molecule has 0 aromatic carbocycles. The van der Waals surface area contributed by atoms with E-state index in [-0.39, 0.29) is 5.91 Å². The summed E-state index contributed by atoms with van der Waals surface area (Å²) in [6.07, 6.45) is -0.0884. The molecule has 5 heteroatoms. The molecule has 88 valence electrons. The van der Waals surface area contributed by atoms with Gasteiger partial charge in [0.15, 0.2) is 6.04 Å². The fourth-order valence-electron chi connectivity index (χ4n) is 1.49. The molecule has 2 atom stereocenters. The van der Waals surface area contributed by atoms with E-state index in [2.05, 4.69) is 0 Å². The van der Waals surface area contributed by atoms with Crippen molar-refractivity contribution in [1.29, 1.82) is 0 Å². The Bertz CT molecular complexity index is 227. The molecule has 0 fully saturated rings. The van der Waals surface area contributed by atoms with Crippen LogP contribution in [0.25, 0.3) is 0 Å². The second-order valence-electron chi connectivity index (χ2n) is 3.45. The van der Waals surface area contributed by atoms with Crippen LogP contribution in [0.15, 0.2) is 0 Å². The van der Waals surface area contributed by atoms with E-state index < -0.39 is 18.1 Å². The highest BCUT2D eigenvalue weighted by atomic mass is 16.4. The number of carbonyl (C=O) groups is 2. The average Bonchev–Trinajstić information content (AvgIpc) is 2.12. The molecule has 0 aliphatic heterocycles. The van der Waals surface area contributed by atoms with Crippen LogP contribution < -0.4 is 0 Å². The fraction of sp³-hybridized carbons (Fsp3) is 0.800. The lowest BCUT2D eigenvalue weighted by Gasteiger charge is -2.29. The van der Waals surface area contributed by atoms with E-state index in [0.29, 0.717) is 19.4 Å². The molecule has 0 saturated heterocycles. The Hall–Kier alpha value is -1.10. The Morgan fingerprint density at radius 2 is 1.87 bits per heavy atom. The first-order chi connectivity index (χ1) is 6.95. The fourth-order valence-corrected chi connectivity index (χ4v) is 1.49. The summed E-state index contributed by atoms with van der Waals surface area (Å²) < 4.78 is 0. The molecule has 0 aromatic heterocycles. The van der Waals surface area contributed by atoms with Gasteiger partial charge in [-0.2, -0.15) is 0 Å². The number of rotatable bonds is 6. The topological polar surface area (TPSA) is 77.8 Å².